The van der Waals surface area contributed by atoms with Crippen LogP contribution in [0.1, 0.15) is 35.0 Å². The topological polar surface area (TPSA) is 90.1 Å². The van der Waals surface area contributed by atoms with Crippen LogP contribution in [0.2, 0.25) is 0 Å². The smallest absolute Gasteiger partial charge is 0.257 e. The number of nitrogens with one attached hydrogen (secondary N) is 1. The Morgan fingerprint density at radius 3 is 2.88 bits per heavy atom. The van der Waals surface area contributed by atoms with E-state index in [2.05, 4.69) is 36.4 Å². The molecule has 2 heterocycles. The lowest BCUT2D eigenvalue weighted by Gasteiger charge is -2.13. The van der Waals surface area contributed by atoms with E-state index in [9.17, 15) is 9.18 Å². The summed E-state index contributed by atoms with van der Waals surface area (Å²) in [6, 6.07) is 6.65. The molecule has 0 aliphatic rings. The fraction of sp³-hybridized carbons (Fsp3) is 0.176. The van der Waals surface area contributed by atoms with Gasteiger partial charge in [0.05, 0.1) is 4.47 Å². The monoisotopic (exact) mass is 420 g/mol. The van der Waals surface area contributed by atoms with Crippen LogP contribution < -0.4 is 10.1 Å². The van der Waals surface area contributed by atoms with Crippen molar-refractivity contribution >= 4 is 21.8 Å². The first-order valence-electron chi connectivity index (χ1n) is 7.63. The van der Waals surface area contributed by atoms with Crippen LogP contribution in [0.15, 0.2) is 45.5 Å². The van der Waals surface area contributed by atoms with Crippen molar-refractivity contribution in [1.29, 1.82) is 0 Å². The van der Waals surface area contributed by atoms with E-state index in [0.717, 1.165) is 0 Å². The third kappa shape index (κ3) is 4.05. The molecule has 134 valence electrons. The summed E-state index contributed by atoms with van der Waals surface area (Å²) in [6.45, 7) is 3.41. The van der Waals surface area contributed by atoms with E-state index in [1.54, 1.807) is 26.0 Å². The van der Waals surface area contributed by atoms with Gasteiger partial charge in [0.2, 0.25) is 11.8 Å². The highest BCUT2D eigenvalue weighted by atomic mass is 79.9. The molecule has 0 fully saturated rings. The minimum atomic E-state index is -0.491. The molecule has 0 aliphatic carbocycles. The van der Waals surface area contributed by atoms with Crippen molar-refractivity contribution in [3.05, 3.63) is 64.1 Å². The summed E-state index contributed by atoms with van der Waals surface area (Å²) >= 11 is 3.22. The molecule has 1 aromatic carbocycles. The number of carbonyl (C=O) groups excluding carboxylic acids is 1. The van der Waals surface area contributed by atoms with Gasteiger partial charge < -0.3 is 14.6 Å². The molecule has 0 saturated heterocycles. The molecule has 7 nitrogen and oxygen atoms in total. The van der Waals surface area contributed by atoms with Crippen LogP contribution in [-0.4, -0.2) is 21.0 Å². The second-order valence-corrected chi connectivity index (χ2v) is 6.26. The Labute approximate surface area is 156 Å². The summed E-state index contributed by atoms with van der Waals surface area (Å²) in [4.78, 5) is 20.8. The number of pyridine rings is 1. The van der Waals surface area contributed by atoms with Crippen LogP contribution in [0.25, 0.3) is 0 Å². The highest BCUT2D eigenvalue weighted by Crippen LogP contribution is 2.31. The van der Waals surface area contributed by atoms with E-state index >= 15 is 0 Å². The Bertz CT molecular complexity index is 947. The van der Waals surface area contributed by atoms with Gasteiger partial charge >= 0.3 is 0 Å². The van der Waals surface area contributed by atoms with Crippen molar-refractivity contribution in [2.24, 2.45) is 0 Å². The van der Waals surface area contributed by atoms with Crippen LogP contribution in [0, 0.1) is 12.7 Å². The Morgan fingerprint density at radius 2 is 2.19 bits per heavy atom. The largest absolute Gasteiger partial charge is 0.437 e. The molecular formula is C17H14BrFN4O3. The van der Waals surface area contributed by atoms with Gasteiger partial charge in [-0.2, -0.15) is 4.98 Å². The third-order valence-corrected chi connectivity index (χ3v) is 4.00. The van der Waals surface area contributed by atoms with Crippen molar-refractivity contribution in [3.8, 4) is 11.6 Å². The number of aromatic nitrogens is 3. The summed E-state index contributed by atoms with van der Waals surface area (Å²) in [5.41, 5.74) is 0.215. The molecule has 1 unspecified atom stereocenters. The van der Waals surface area contributed by atoms with Gasteiger partial charge in [-0.25, -0.2) is 9.37 Å². The van der Waals surface area contributed by atoms with Crippen LogP contribution in [0.4, 0.5) is 4.39 Å². The first kappa shape index (κ1) is 18.0. The lowest BCUT2D eigenvalue weighted by Crippen LogP contribution is -2.27. The normalized spacial score (nSPS) is 11.8. The molecule has 9 heteroatoms. The van der Waals surface area contributed by atoms with Gasteiger partial charge in [0.25, 0.3) is 5.91 Å². The lowest BCUT2D eigenvalue weighted by atomic mass is 10.2. The Kier molecular flexibility index (Phi) is 5.27. The van der Waals surface area contributed by atoms with E-state index in [0.29, 0.717) is 21.9 Å². The number of benzene rings is 1. The summed E-state index contributed by atoms with van der Waals surface area (Å²) in [6.07, 6.45) is 1.49. The summed E-state index contributed by atoms with van der Waals surface area (Å²) in [5.74, 6) is 0.365. The predicted octanol–water partition coefficient (Wildman–Crippen LogP) is 3.96. The maximum Gasteiger partial charge on any atom is 0.257 e. The first-order valence-corrected chi connectivity index (χ1v) is 8.42. The van der Waals surface area contributed by atoms with Gasteiger partial charge in [0, 0.05) is 6.20 Å². The highest BCUT2D eigenvalue weighted by Gasteiger charge is 2.20. The lowest BCUT2D eigenvalue weighted by molar-refractivity contribution is 0.0929. The van der Waals surface area contributed by atoms with Gasteiger partial charge in [-0.05, 0) is 60.1 Å². The number of hydrogen-bond donors (Lipinski definition) is 1. The second-order valence-electron chi connectivity index (χ2n) is 5.41. The summed E-state index contributed by atoms with van der Waals surface area (Å²) < 4.78 is 24.3. The molecule has 1 N–H and O–H groups in total. The van der Waals surface area contributed by atoms with Crippen molar-refractivity contribution in [2.45, 2.75) is 19.9 Å². The number of ether oxygens (including phenoxy) is 1. The number of carbonyl (C=O) groups is 1. The molecule has 0 aliphatic heterocycles. The number of hydrogen-bond acceptors (Lipinski definition) is 6. The highest BCUT2D eigenvalue weighted by molar-refractivity contribution is 9.10. The quantitative estimate of drug-likeness (QED) is 0.671. The van der Waals surface area contributed by atoms with Crippen molar-refractivity contribution in [2.75, 3.05) is 0 Å². The Hall–Kier alpha value is -2.81. The number of nitrogens with zero attached hydrogens (tertiary/aromatic N) is 3. The fourth-order valence-electron chi connectivity index (χ4n) is 2.13. The van der Waals surface area contributed by atoms with Crippen molar-refractivity contribution in [3.63, 3.8) is 0 Å². The average Bonchev–Trinajstić information content (AvgIpc) is 3.04. The van der Waals surface area contributed by atoms with Gasteiger partial charge in [0.15, 0.2) is 5.82 Å². The summed E-state index contributed by atoms with van der Waals surface area (Å²) in [7, 11) is 0. The molecule has 0 spiro atoms. The minimum absolute atomic E-state index is 0.0891. The zero-order chi connectivity index (χ0) is 18.7. The minimum Gasteiger partial charge on any atom is -0.437 e. The zero-order valence-electron chi connectivity index (χ0n) is 13.9. The number of aryl methyl sites for hydroxylation is 1. The maximum atomic E-state index is 13.2. The third-order valence-electron chi connectivity index (χ3n) is 3.38. The molecule has 2 aromatic heterocycles. The summed E-state index contributed by atoms with van der Waals surface area (Å²) in [5, 5.41) is 6.45. The van der Waals surface area contributed by atoms with Gasteiger partial charge in [-0.15, -0.1) is 0 Å². The molecule has 26 heavy (non-hydrogen) atoms. The fourth-order valence-corrected chi connectivity index (χ4v) is 2.56. The molecule has 3 aromatic rings. The maximum absolute atomic E-state index is 13.2. The van der Waals surface area contributed by atoms with Crippen LogP contribution in [0.3, 0.4) is 0 Å². The molecule has 3 rings (SSSR count). The predicted molar refractivity (Wildman–Crippen MR) is 93.3 cm³/mol. The molecule has 1 amide bonds. The second kappa shape index (κ2) is 7.61. The van der Waals surface area contributed by atoms with E-state index < -0.39 is 17.8 Å². The van der Waals surface area contributed by atoms with Crippen molar-refractivity contribution in [1.82, 2.24) is 20.4 Å². The Morgan fingerprint density at radius 1 is 1.38 bits per heavy atom. The van der Waals surface area contributed by atoms with Gasteiger partial charge in [-0.3, -0.25) is 4.79 Å². The van der Waals surface area contributed by atoms with E-state index in [1.807, 2.05) is 0 Å². The molecule has 1 atom stereocenters. The van der Waals surface area contributed by atoms with E-state index in [4.69, 9.17) is 9.26 Å². The number of halogens is 2. The van der Waals surface area contributed by atoms with E-state index in [1.165, 1.54) is 24.4 Å². The average molecular weight is 421 g/mol. The SMILES string of the molecule is Cc1noc(C(C)NC(=O)c2cccnc2Oc2ccc(F)cc2Br)n1. The number of rotatable bonds is 5. The molecule has 0 saturated carbocycles. The Balaban J connectivity index is 1.81. The van der Waals surface area contributed by atoms with Gasteiger partial charge in [-0.1, -0.05) is 5.16 Å². The van der Waals surface area contributed by atoms with Crippen LogP contribution >= 0.6 is 15.9 Å². The van der Waals surface area contributed by atoms with Crippen LogP contribution in [-0.2, 0) is 0 Å². The van der Waals surface area contributed by atoms with Crippen LogP contribution in [0.5, 0.6) is 11.6 Å². The van der Waals surface area contributed by atoms with Gasteiger partial charge in [0.1, 0.15) is 23.2 Å². The zero-order valence-corrected chi connectivity index (χ0v) is 15.4. The molecule has 0 bridgehead atoms. The van der Waals surface area contributed by atoms with E-state index in [-0.39, 0.29) is 11.4 Å². The molecule has 0 radical (unpaired) electrons. The molecular weight excluding hydrogens is 407 g/mol. The first-order chi connectivity index (χ1) is 12.4. The van der Waals surface area contributed by atoms with Crippen molar-refractivity contribution < 1.29 is 18.4 Å². The standard InChI is InChI=1S/C17H14BrFN4O3/c1-9(16-22-10(2)23-26-16)21-15(24)12-4-3-7-20-17(12)25-14-6-5-11(19)8-13(14)18/h3-9H,1-2H3,(H,21,24). The number of amides is 1.